The van der Waals surface area contributed by atoms with Gasteiger partial charge in [-0.25, -0.2) is 0 Å². The Morgan fingerprint density at radius 1 is 0.963 bits per heavy atom. The summed E-state index contributed by atoms with van der Waals surface area (Å²) >= 11 is 0. The molecule has 2 aromatic carbocycles. The number of likely N-dealkylation sites (N-methyl/N-ethyl adjacent to an activating group) is 1. The molecule has 3 rings (SSSR count). The number of para-hydroxylation sites is 2. The van der Waals surface area contributed by atoms with Crippen molar-refractivity contribution in [1.82, 2.24) is 9.80 Å². The van der Waals surface area contributed by atoms with Crippen LogP contribution in [0.5, 0.6) is 0 Å². The Hall–Kier alpha value is -2.70. The van der Waals surface area contributed by atoms with Crippen LogP contribution in [-0.4, -0.2) is 54.8 Å². The Morgan fingerprint density at radius 2 is 1.59 bits per heavy atom. The summed E-state index contributed by atoms with van der Waals surface area (Å²) in [6, 6.07) is 17.9. The molecule has 27 heavy (non-hydrogen) atoms. The monoisotopic (exact) mass is 366 g/mol. The van der Waals surface area contributed by atoms with Gasteiger partial charge in [0, 0.05) is 32.6 Å². The van der Waals surface area contributed by atoms with Crippen LogP contribution in [0.3, 0.4) is 0 Å². The molecule has 1 aliphatic heterocycles. The van der Waals surface area contributed by atoms with Crippen LogP contribution in [0.15, 0.2) is 54.6 Å². The largest absolute Gasteiger partial charge is 0.325 e. The first-order valence-electron chi connectivity index (χ1n) is 9.17. The van der Waals surface area contributed by atoms with E-state index in [-0.39, 0.29) is 17.9 Å². The maximum Gasteiger partial charge on any atom is 0.238 e. The van der Waals surface area contributed by atoms with Crippen LogP contribution >= 0.6 is 0 Å². The standard InChI is InChI=1S/C21H26N4O2/c1-16(26)22-18-10-6-7-11-19(18)23-21(27)15-25-13-12-24(2)20(14-25)17-8-4-3-5-9-17/h3-11,20H,12-15H2,1-2H3,(H,22,26)(H,23,27)/t20-/m0/s1. The second-order valence-corrected chi connectivity index (χ2v) is 6.92. The van der Waals surface area contributed by atoms with Crippen LogP contribution < -0.4 is 10.6 Å². The molecule has 2 amide bonds. The average molecular weight is 366 g/mol. The highest BCUT2D eigenvalue weighted by atomic mass is 16.2. The van der Waals surface area contributed by atoms with E-state index in [4.69, 9.17) is 0 Å². The molecule has 2 N–H and O–H groups in total. The van der Waals surface area contributed by atoms with Crippen molar-refractivity contribution in [3.8, 4) is 0 Å². The Balaban J connectivity index is 1.62. The van der Waals surface area contributed by atoms with Crippen molar-refractivity contribution in [2.45, 2.75) is 13.0 Å². The fourth-order valence-corrected chi connectivity index (χ4v) is 3.39. The number of nitrogens with one attached hydrogen (secondary N) is 2. The minimum atomic E-state index is -0.165. The summed E-state index contributed by atoms with van der Waals surface area (Å²) in [6.07, 6.45) is 0. The lowest BCUT2D eigenvalue weighted by atomic mass is 10.0. The highest BCUT2D eigenvalue weighted by Crippen LogP contribution is 2.24. The maximum absolute atomic E-state index is 12.6. The van der Waals surface area contributed by atoms with Crippen molar-refractivity contribution in [1.29, 1.82) is 0 Å². The molecule has 0 radical (unpaired) electrons. The molecule has 0 unspecified atom stereocenters. The number of nitrogens with zero attached hydrogens (tertiary/aromatic N) is 2. The van der Waals surface area contributed by atoms with E-state index in [1.165, 1.54) is 12.5 Å². The molecule has 0 bridgehead atoms. The molecule has 0 spiro atoms. The van der Waals surface area contributed by atoms with Gasteiger partial charge >= 0.3 is 0 Å². The van der Waals surface area contributed by atoms with Gasteiger partial charge in [-0.3, -0.25) is 19.4 Å². The molecule has 1 heterocycles. The van der Waals surface area contributed by atoms with E-state index in [0.29, 0.717) is 17.9 Å². The molecule has 1 atom stereocenters. The predicted molar refractivity (Wildman–Crippen MR) is 108 cm³/mol. The number of anilines is 2. The zero-order valence-corrected chi connectivity index (χ0v) is 15.8. The van der Waals surface area contributed by atoms with E-state index in [0.717, 1.165) is 19.6 Å². The summed E-state index contributed by atoms with van der Waals surface area (Å²) in [5.74, 6) is -0.245. The topological polar surface area (TPSA) is 64.7 Å². The van der Waals surface area contributed by atoms with Gasteiger partial charge in [0.05, 0.1) is 17.9 Å². The van der Waals surface area contributed by atoms with Gasteiger partial charge in [0.2, 0.25) is 11.8 Å². The first kappa shape index (κ1) is 19.1. The molecule has 1 saturated heterocycles. The minimum absolute atomic E-state index is 0.0795. The van der Waals surface area contributed by atoms with Gasteiger partial charge in [-0.15, -0.1) is 0 Å². The van der Waals surface area contributed by atoms with Crippen LogP contribution in [-0.2, 0) is 9.59 Å². The first-order valence-corrected chi connectivity index (χ1v) is 9.17. The van der Waals surface area contributed by atoms with Gasteiger partial charge in [-0.1, -0.05) is 42.5 Å². The lowest BCUT2D eigenvalue weighted by Crippen LogP contribution is -2.48. The second kappa shape index (κ2) is 8.79. The van der Waals surface area contributed by atoms with Crippen molar-refractivity contribution in [3.63, 3.8) is 0 Å². The number of rotatable bonds is 5. The third kappa shape index (κ3) is 5.15. The van der Waals surface area contributed by atoms with Gasteiger partial charge in [0.25, 0.3) is 0 Å². The zero-order chi connectivity index (χ0) is 19.2. The molecule has 0 aromatic heterocycles. The maximum atomic E-state index is 12.6. The van der Waals surface area contributed by atoms with Crippen LogP contribution in [0.1, 0.15) is 18.5 Å². The number of carbonyl (C=O) groups is 2. The smallest absolute Gasteiger partial charge is 0.238 e. The number of hydrogen-bond donors (Lipinski definition) is 2. The van der Waals surface area contributed by atoms with Crippen LogP contribution in [0.25, 0.3) is 0 Å². The molecule has 1 fully saturated rings. The van der Waals surface area contributed by atoms with Crippen molar-refractivity contribution in [2.24, 2.45) is 0 Å². The Labute approximate surface area is 160 Å². The van der Waals surface area contributed by atoms with E-state index in [2.05, 4.69) is 39.6 Å². The number of amides is 2. The first-order chi connectivity index (χ1) is 13.0. The highest BCUT2D eigenvalue weighted by Gasteiger charge is 2.26. The zero-order valence-electron chi connectivity index (χ0n) is 15.8. The normalized spacial score (nSPS) is 18.1. The fraction of sp³-hybridized carbons (Fsp3) is 0.333. The average Bonchev–Trinajstić information content (AvgIpc) is 2.65. The van der Waals surface area contributed by atoms with Gasteiger partial charge in [-0.2, -0.15) is 0 Å². The summed E-state index contributed by atoms with van der Waals surface area (Å²) in [5, 5.41) is 5.66. The van der Waals surface area contributed by atoms with Crippen LogP contribution in [0.4, 0.5) is 11.4 Å². The SMILES string of the molecule is CC(=O)Nc1ccccc1NC(=O)CN1CCN(C)[C@H](c2ccccc2)C1. The quantitative estimate of drug-likeness (QED) is 0.854. The predicted octanol–water partition coefficient (Wildman–Crippen LogP) is 2.57. The summed E-state index contributed by atoms with van der Waals surface area (Å²) in [7, 11) is 2.12. The second-order valence-electron chi connectivity index (χ2n) is 6.92. The van der Waals surface area contributed by atoms with Crippen molar-refractivity contribution < 1.29 is 9.59 Å². The van der Waals surface area contributed by atoms with Gasteiger partial charge in [-0.05, 0) is 24.7 Å². The van der Waals surface area contributed by atoms with Crippen LogP contribution in [0, 0.1) is 0 Å². The summed E-state index contributed by atoms with van der Waals surface area (Å²) in [5.41, 5.74) is 2.49. The number of piperazine rings is 1. The van der Waals surface area contributed by atoms with E-state index >= 15 is 0 Å². The number of benzene rings is 2. The van der Waals surface area contributed by atoms with Crippen LogP contribution in [0.2, 0.25) is 0 Å². The number of hydrogen-bond acceptors (Lipinski definition) is 4. The summed E-state index contributed by atoms with van der Waals surface area (Å²) in [6.45, 7) is 4.34. The van der Waals surface area contributed by atoms with Crippen molar-refractivity contribution in [2.75, 3.05) is 43.9 Å². The van der Waals surface area contributed by atoms with E-state index in [9.17, 15) is 9.59 Å². The van der Waals surface area contributed by atoms with E-state index in [1.807, 2.05) is 30.3 Å². The molecular weight excluding hydrogens is 340 g/mol. The molecule has 0 saturated carbocycles. The molecule has 6 nitrogen and oxygen atoms in total. The van der Waals surface area contributed by atoms with Crippen molar-refractivity contribution >= 4 is 23.2 Å². The third-order valence-electron chi connectivity index (χ3n) is 4.80. The fourth-order valence-electron chi connectivity index (χ4n) is 3.39. The van der Waals surface area contributed by atoms with Crippen molar-refractivity contribution in [3.05, 3.63) is 60.2 Å². The van der Waals surface area contributed by atoms with Gasteiger partial charge in [0.15, 0.2) is 0 Å². The lowest BCUT2D eigenvalue weighted by molar-refractivity contribution is -0.118. The van der Waals surface area contributed by atoms with E-state index in [1.54, 1.807) is 12.1 Å². The number of carbonyl (C=O) groups excluding carboxylic acids is 2. The molecule has 1 aliphatic rings. The summed E-state index contributed by atoms with van der Waals surface area (Å²) < 4.78 is 0. The van der Waals surface area contributed by atoms with Gasteiger partial charge in [0.1, 0.15) is 0 Å². The molecule has 6 heteroatoms. The minimum Gasteiger partial charge on any atom is -0.325 e. The molecule has 0 aliphatic carbocycles. The Kier molecular flexibility index (Phi) is 6.21. The Morgan fingerprint density at radius 3 is 2.26 bits per heavy atom. The lowest BCUT2D eigenvalue weighted by Gasteiger charge is -2.39. The third-order valence-corrected chi connectivity index (χ3v) is 4.80. The molecule has 2 aromatic rings. The van der Waals surface area contributed by atoms with Gasteiger partial charge < -0.3 is 10.6 Å². The highest BCUT2D eigenvalue weighted by molar-refractivity contribution is 5.99. The molecular formula is C21H26N4O2. The van der Waals surface area contributed by atoms with E-state index < -0.39 is 0 Å². The Bertz CT molecular complexity index is 794. The summed E-state index contributed by atoms with van der Waals surface area (Å²) in [4.78, 5) is 28.4. The molecule has 142 valence electrons.